The summed E-state index contributed by atoms with van der Waals surface area (Å²) in [4.78, 5) is 35.8. The highest BCUT2D eigenvalue weighted by Gasteiger charge is 2.28. The van der Waals surface area contributed by atoms with E-state index >= 15 is 0 Å². The van der Waals surface area contributed by atoms with Crippen LogP contribution in [0.2, 0.25) is 0 Å². The van der Waals surface area contributed by atoms with Crippen LogP contribution in [0.25, 0.3) is 0 Å². The third kappa shape index (κ3) is 5.15. The first-order valence-electron chi connectivity index (χ1n) is 11.8. The van der Waals surface area contributed by atoms with Gasteiger partial charge in [-0.2, -0.15) is 5.10 Å². The zero-order valence-electron chi connectivity index (χ0n) is 20.0. The van der Waals surface area contributed by atoms with Crippen LogP contribution in [0.4, 0.5) is 11.4 Å². The van der Waals surface area contributed by atoms with Crippen molar-refractivity contribution >= 4 is 28.9 Å². The van der Waals surface area contributed by atoms with E-state index in [4.69, 9.17) is 13.9 Å². The van der Waals surface area contributed by atoms with E-state index in [9.17, 15) is 19.7 Å². The van der Waals surface area contributed by atoms with E-state index in [0.29, 0.717) is 65.8 Å². The number of non-ortho nitro benzene ring substituents is 1. The number of nitro benzene ring substituents is 1. The van der Waals surface area contributed by atoms with Crippen molar-refractivity contribution in [3.63, 3.8) is 0 Å². The maximum absolute atomic E-state index is 13.0. The molecule has 0 saturated heterocycles. The van der Waals surface area contributed by atoms with Crippen LogP contribution in [-0.4, -0.2) is 35.7 Å². The molecular formula is C26H24N4O7. The van der Waals surface area contributed by atoms with Crippen molar-refractivity contribution in [2.24, 2.45) is 5.10 Å². The molecule has 37 heavy (non-hydrogen) atoms. The third-order valence-electron chi connectivity index (χ3n) is 6.16. The molecule has 1 aliphatic heterocycles. The highest BCUT2D eigenvalue weighted by atomic mass is 16.6. The van der Waals surface area contributed by atoms with Gasteiger partial charge in [-0.05, 0) is 37.5 Å². The molecule has 0 spiro atoms. The summed E-state index contributed by atoms with van der Waals surface area (Å²) in [5, 5.41) is 18.0. The summed E-state index contributed by atoms with van der Waals surface area (Å²) < 4.78 is 17.0. The molecule has 1 aromatic heterocycles. The number of carbonyl (C=O) groups excluding carboxylic acids is 2. The van der Waals surface area contributed by atoms with Crippen molar-refractivity contribution in [3.8, 4) is 11.5 Å². The van der Waals surface area contributed by atoms with Crippen LogP contribution in [0.3, 0.4) is 0 Å². The Labute approximate surface area is 211 Å². The number of furan rings is 1. The molecule has 0 atom stereocenters. The molecule has 0 bridgehead atoms. The minimum absolute atomic E-state index is 0.0230. The van der Waals surface area contributed by atoms with Gasteiger partial charge in [0.25, 0.3) is 11.6 Å². The van der Waals surface area contributed by atoms with Gasteiger partial charge in [-0.3, -0.25) is 19.7 Å². The van der Waals surface area contributed by atoms with E-state index in [-0.39, 0.29) is 23.8 Å². The number of nitrogens with one attached hydrogen (secondary N) is 2. The molecule has 2 heterocycles. The van der Waals surface area contributed by atoms with Gasteiger partial charge < -0.3 is 19.2 Å². The number of aryl methyl sites for hydroxylation is 1. The fourth-order valence-corrected chi connectivity index (χ4v) is 4.40. The Kier molecular flexibility index (Phi) is 6.59. The van der Waals surface area contributed by atoms with Gasteiger partial charge in [-0.1, -0.05) is 12.1 Å². The average molecular weight is 504 g/mol. The van der Waals surface area contributed by atoms with Gasteiger partial charge in [-0.15, -0.1) is 0 Å². The number of fused-ring (bicyclic) bond motifs is 2. The van der Waals surface area contributed by atoms with Gasteiger partial charge in [-0.25, -0.2) is 5.43 Å². The predicted octanol–water partition coefficient (Wildman–Crippen LogP) is 3.92. The fourth-order valence-electron chi connectivity index (χ4n) is 4.40. The summed E-state index contributed by atoms with van der Waals surface area (Å²) in [5.74, 6) is 1.28. The Morgan fingerprint density at radius 1 is 1.05 bits per heavy atom. The second-order valence-electron chi connectivity index (χ2n) is 8.71. The van der Waals surface area contributed by atoms with Crippen LogP contribution in [0.5, 0.6) is 11.5 Å². The van der Waals surface area contributed by atoms with E-state index in [0.717, 1.165) is 12.0 Å². The molecule has 0 fully saturated rings. The molecule has 1 aliphatic carbocycles. The molecule has 0 saturated carbocycles. The molecule has 3 aromatic rings. The molecule has 2 N–H and O–H groups in total. The van der Waals surface area contributed by atoms with E-state index < -0.39 is 10.8 Å². The smallest absolute Gasteiger partial charge is 0.291 e. The van der Waals surface area contributed by atoms with Gasteiger partial charge in [0, 0.05) is 41.4 Å². The molecule has 5 rings (SSSR count). The number of carbonyl (C=O) groups is 2. The van der Waals surface area contributed by atoms with Gasteiger partial charge in [0.15, 0.2) is 17.3 Å². The number of nitrogens with zero attached hydrogens (tertiary/aromatic N) is 2. The van der Waals surface area contributed by atoms with Crippen LogP contribution >= 0.6 is 0 Å². The monoisotopic (exact) mass is 504 g/mol. The predicted molar refractivity (Wildman–Crippen MR) is 133 cm³/mol. The lowest BCUT2D eigenvalue weighted by atomic mass is 9.93. The van der Waals surface area contributed by atoms with E-state index in [1.807, 2.05) is 0 Å². The summed E-state index contributed by atoms with van der Waals surface area (Å²) >= 11 is 0. The van der Waals surface area contributed by atoms with Gasteiger partial charge in [0.2, 0.25) is 5.91 Å². The number of hydrogen-bond donors (Lipinski definition) is 2. The first-order chi connectivity index (χ1) is 17.9. The molecule has 11 nitrogen and oxygen atoms in total. The second kappa shape index (κ2) is 10.1. The Morgan fingerprint density at radius 3 is 2.57 bits per heavy atom. The Balaban J connectivity index is 1.29. The van der Waals surface area contributed by atoms with Crippen LogP contribution in [0.15, 0.2) is 52.0 Å². The lowest BCUT2D eigenvalue weighted by Crippen LogP contribution is -2.23. The molecule has 0 unspecified atom stereocenters. The molecule has 2 aromatic carbocycles. The summed E-state index contributed by atoms with van der Waals surface area (Å²) in [6.45, 7) is 2.72. The number of ether oxygens (including phenoxy) is 2. The van der Waals surface area contributed by atoms with Crippen molar-refractivity contribution in [1.29, 1.82) is 0 Å². The summed E-state index contributed by atoms with van der Waals surface area (Å²) in [6, 6.07) is 11.0. The van der Waals surface area contributed by atoms with Gasteiger partial charge in [0.1, 0.15) is 19.0 Å². The second-order valence-corrected chi connectivity index (χ2v) is 8.71. The lowest BCUT2D eigenvalue weighted by Gasteiger charge is -2.18. The number of rotatable bonds is 6. The van der Waals surface area contributed by atoms with Crippen LogP contribution in [0, 0.1) is 17.0 Å². The third-order valence-corrected chi connectivity index (χ3v) is 6.16. The van der Waals surface area contributed by atoms with E-state index in [2.05, 4.69) is 15.8 Å². The number of benzene rings is 2. The Morgan fingerprint density at radius 2 is 1.81 bits per heavy atom. The molecular weight excluding hydrogens is 480 g/mol. The van der Waals surface area contributed by atoms with Crippen molar-refractivity contribution in [3.05, 3.63) is 80.8 Å². The normalized spacial score (nSPS) is 15.1. The largest absolute Gasteiger partial charge is 0.486 e. The minimum Gasteiger partial charge on any atom is -0.486 e. The highest BCUT2D eigenvalue weighted by Crippen LogP contribution is 2.34. The Hall–Kier alpha value is -4.67. The number of anilines is 1. The molecule has 2 aliphatic rings. The van der Waals surface area contributed by atoms with Gasteiger partial charge >= 0.3 is 0 Å². The highest BCUT2D eigenvalue weighted by molar-refractivity contribution is 6.09. The molecule has 2 amide bonds. The summed E-state index contributed by atoms with van der Waals surface area (Å²) in [6.07, 6.45) is 2.06. The van der Waals surface area contributed by atoms with Crippen LogP contribution < -0.4 is 20.2 Å². The summed E-state index contributed by atoms with van der Waals surface area (Å²) in [5.41, 5.74) is 5.72. The fraction of sp³-hybridized carbons (Fsp3) is 0.269. The zero-order chi connectivity index (χ0) is 25.9. The first kappa shape index (κ1) is 24.0. The molecule has 0 radical (unpaired) electrons. The standard InChI is InChI=1S/C26H24N4O7/c1-15-24-19(28-29-23(31)13-16-5-8-18(9-6-16)30(33)34)3-2-4-21(24)37-25(15)26(32)27-17-7-10-20-22(14-17)36-12-11-35-20/h5-10,14H,2-4,11-13H2,1H3,(H,27,32)(H,29,31)/b28-19+. The van der Waals surface area contributed by atoms with Crippen molar-refractivity contribution < 1.29 is 28.4 Å². The molecule has 190 valence electrons. The number of amides is 2. The SMILES string of the molecule is Cc1c(C(=O)Nc2ccc3c(c2)OCCO3)oc2c1/C(=N/NC(=O)Cc1ccc([N+](=O)[O-])cc1)CCC2. The topological polar surface area (TPSA) is 145 Å². The maximum Gasteiger partial charge on any atom is 0.291 e. The van der Waals surface area contributed by atoms with Crippen molar-refractivity contribution in [2.45, 2.75) is 32.6 Å². The Bertz CT molecular complexity index is 1410. The maximum atomic E-state index is 13.0. The van der Waals surface area contributed by atoms with Crippen LogP contribution in [0.1, 0.15) is 45.8 Å². The quantitative estimate of drug-likeness (QED) is 0.382. The minimum atomic E-state index is -0.492. The summed E-state index contributed by atoms with van der Waals surface area (Å²) in [7, 11) is 0. The van der Waals surface area contributed by atoms with Crippen molar-refractivity contribution in [1.82, 2.24) is 5.43 Å². The number of nitro groups is 1. The zero-order valence-corrected chi connectivity index (χ0v) is 20.0. The average Bonchev–Trinajstić information content (AvgIpc) is 3.25. The molecule has 11 heteroatoms. The van der Waals surface area contributed by atoms with Crippen molar-refractivity contribution in [2.75, 3.05) is 18.5 Å². The van der Waals surface area contributed by atoms with Crippen LogP contribution in [-0.2, 0) is 17.6 Å². The first-order valence-corrected chi connectivity index (χ1v) is 11.8. The number of hydrazone groups is 1. The van der Waals surface area contributed by atoms with E-state index in [1.54, 1.807) is 25.1 Å². The van der Waals surface area contributed by atoms with Gasteiger partial charge in [0.05, 0.1) is 17.1 Å². The lowest BCUT2D eigenvalue weighted by molar-refractivity contribution is -0.384. The number of hydrogen-bond acceptors (Lipinski definition) is 8. The van der Waals surface area contributed by atoms with E-state index in [1.165, 1.54) is 24.3 Å².